The fourth-order valence-corrected chi connectivity index (χ4v) is 6.04. The second-order valence-electron chi connectivity index (χ2n) is 9.83. The first kappa shape index (κ1) is 23.4. The van der Waals surface area contributed by atoms with Crippen LogP contribution in [0.4, 0.5) is 4.39 Å². The van der Waals surface area contributed by atoms with Gasteiger partial charge in [-0.05, 0) is 74.0 Å². The van der Waals surface area contributed by atoms with Gasteiger partial charge in [0.15, 0.2) is 11.6 Å². The minimum Gasteiger partial charge on any atom is -0.462 e. The van der Waals surface area contributed by atoms with E-state index >= 15 is 0 Å². The summed E-state index contributed by atoms with van der Waals surface area (Å²) in [6.45, 7) is 3.40. The highest BCUT2D eigenvalue weighted by Crippen LogP contribution is 2.55. The number of rotatable bonds is 9. The number of hydrogen-bond acceptors (Lipinski definition) is 6. The second kappa shape index (κ2) is 9.27. The molecule has 1 unspecified atom stereocenters. The van der Waals surface area contributed by atoms with E-state index in [2.05, 4.69) is 0 Å². The van der Waals surface area contributed by atoms with Gasteiger partial charge in [0, 0.05) is 5.92 Å². The van der Waals surface area contributed by atoms with E-state index in [1.165, 1.54) is 44.2 Å². The van der Waals surface area contributed by atoms with Crippen LogP contribution in [-0.2, 0) is 19.6 Å². The van der Waals surface area contributed by atoms with Gasteiger partial charge in [0.05, 0.1) is 11.7 Å². The lowest BCUT2D eigenvalue weighted by Crippen LogP contribution is -2.51. The molecule has 32 heavy (non-hydrogen) atoms. The van der Waals surface area contributed by atoms with Gasteiger partial charge in [-0.15, -0.1) is 0 Å². The molecule has 0 saturated heterocycles. The zero-order valence-electron chi connectivity index (χ0n) is 18.4. The average molecular weight is 471 g/mol. The topological polar surface area (TPSA) is 99.1 Å². The lowest BCUT2D eigenvalue weighted by Gasteiger charge is -2.54. The molecule has 0 aliphatic heterocycles. The minimum absolute atomic E-state index is 0.0221. The Morgan fingerprint density at radius 3 is 2.31 bits per heavy atom. The van der Waals surface area contributed by atoms with Gasteiger partial charge >= 0.3 is 5.97 Å². The van der Waals surface area contributed by atoms with E-state index < -0.39 is 40.6 Å². The zero-order valence-corrected chi connectivity index (χ0v) is 19.2. The summed E-state index contributed by atoms with van der Waals surface area (Å²) >= 11 is 0. The summed E-state index contributed by atoms with van der Waals surface area (Å²) in [6, 6.07) is 3.58. The molecule has 0 aromatic heterocycles. The summed E-state index contributed by atoms with van der Waals surface area (Å²) in [7, 11) is -4.24. The van der Waals surface area contributed by atoms with E-state index in [0.29, 0.717) is 11.8 Å². The van der Waals surface area contributed by atoms with Gasteiger partial charge in [0.25, 0.3) is 10.1 Å². The predicted octanol–water partition coefficient (Wildman–Crippen LogP) is 4.07. The molecule has 4 fully saturated rings. The molecule has 7 nitrogen and oxygen atoms in total. The van der Waals surface area contributed by atoms with E-state index in [1.54, 1.807) is 0 Å². The lowest BCUT2D eigenvalue weighted by atomic mass is 9.55. The molecule has 9 heteroatoms. The fourth-order valence-electron chi connectivity index (χ4n) is 5.74. The van der Waals surface area contributed by atoms with Crippen molar-refractivity contribution >= 4 is 16.1 Å². The van der Waals surface area contributed by atoms with Crippen LogP contribution in [0.15, 0.2) is 18.2 Å². The summed E-state index contributed by atoms with van der Waals surface area (Å²) in [5.74, 6) is 0.385. The molecule has 1 atom stereocenters. The maximum Gasteiger partial charge on any atom is 0.338 e. The van der Waals surface area contributed by atoms with E-state index in [1.807, 2.05) is 13.8 Å². The van der Waals surface area contributed by atoms with Crippen molar-refractivity contribution in [2.24, 2.45) is 29.6 Å². The molecule has 1 N–H and O–H groups in total. The van der Waals surface area contributed by atoms with Crippen molar-refractivity contribution in [2.75, 3.05) is 12.4 Å². The largest absolute Gasteiger partial charge is 0.462 e. The Bertz CT molecular complexity index is 918. The predicted molar refractivity (Wildman–Crippen MR) is 114 cm³/mol. The maximum atomic E-state index is 14.5. The number of carbonyl (C=O) groups is 1. The monoisotopic (exact) mass is 470 g/mol. The lowest BCUT2D eigenvalue weighted by molar-refractivity contribution is -0.211. The van der Waals surface area contributed by atoms with E-state index in [0.717, 1.165) is 17.9 Å². The van der Waals surface area contributed by atoms with Crippen LogP contribution in [0.1, 0.15) is 56.3 Å². The smallest absolute Gasteiger partial charge is 0.338 e. The van der Waals surface area contributed by atoms with Crippen LogP contribution in [0.25, 0.3) is 0 Å². The zero-order chi connectivity index (χ0) is 23.0. The first-order chi connectivity index (χ1) is 15.1. The van der Waals surface area contributed by atoms with Crippen molar-refractivity contribution in [1.29, 1.82) is 0 Å². The summed E-state index contributed by atoms with van der Waals surface area (Å²) < 4.78 is 62.0. The number of hydrogen-bond donors (Lipinski definition) is 1. The molecular weight excluding hydrogens is 439 g/mol. The summed E-state index contributed by atoms with van der Waals surface area (Å²) in [6.07, 6.45) is 5.60. The summed E-state index contributed by atoms with van der Waals surface area (Å²) in [5.41, 5.74) is 0.0221. The van der Waals surface area contributed by atoms with Crippen molar-refractivity contribution in [1.82, 2.24) is 0 Å². The molecule has 178 valence electrons. The van der Waals surface area contributed by atoms with Crippen LogP contribution in [-0.4, -0.2) is 43.7 Å². The van der Waals surface area contributed by atoms with Crippen molar-refractivity contribution in [2.45, 2.75) is 58.3 Å². The highest BCUT2D eigenvalue weighted by atomic mass is 32.2. The van der Waals surface area contributed by atoms with E-state index in [9.17, 15) is 17.6 Å². The Morgan fingerprint density at radius 2 is 1.75 bits per heavy atom. The first-order valence-corrected chi connectivity index (χ1v) is 12.9. The summed E-state index contributed by atoms with van der Waals surface area (Å²) in [4.78, 5) is 12.2. The van der Waals surface area contributed by atoms with Crippen molar-refractivity contribution < 1.29 is 36.4 Å². The van der Waals surface area contributed by atoms with Crippen LogP contribution in [0.3, 0.4) is 0 Å². The van der Waals surface area contributed by atoms with Crippen molar-refractivity contribution in [3.05, 3.63) is 29.6 Å². The fraction of sp³-hybridized carbons (Fsp3) is 0.696. The first-order valence-electron chi connectivity index (χ1n) is 11.3. The van der Waals surface area contributed by atoms with Gasteiger partial charge in [0.2, 0.25) is 6.29 Å². The molecule has 0 heterocycles. The molecular formula is C23H31FO7S. The molecule has 4 saturated carbocycles. The molecule has 4 aliphatic carbocycles. The Kier molecular flexibility index (Phi) is 6.79. The van der Waals surface area contributed by atoms with Gasteiger partial charge < -0.3 is 14.2 Å². The third-order valence-electron chi connectivity index (χ3n) is 6.96. The SMILES string of the molecule is CC(C)C(Oc1cc(C(=O)OCCS(=O)(=O)O)ccc1F)OC1C2CC3CC(C2)CC1C3. The molecule has 0 amide bonds. The number of carbonyl (C=O) groups excluding carboxylic acids is 1. The molecule has 0 spiro atoms. The Morgan fingerprint density at radius 1 is 1.12 bits per heavy atom. The normalized spacial score (nSPS) is 29.8. The molecule has 1 aromatic rings. The Hall–Kier alpha value is -1.71. The van der Waals surface area contributed by atoms with Crippen LogP contribution >= 0.6 is 0 Å². The quantitative estimate of drug-likeness (QED) is 0.330. The van der Waals surface area contributed by atoms with Crippen molar-refractivity contribution in [3.63, 3.8) is 0 Å². The van der Waals surface area contributed by atoms with Crippen LogP contribution in [0.2, 0.25) is 0 Å². The van der Waals surface area contributed by atoms with Crippen LogP contribution in [0, 0.1) is 35.4 Å². The minimum atomic E-state index is -4.24. The molecule has 4 aliphatic rings. The highest BCUT2D eigenvalue weighted by molar-refractivity contribution is 7.85. The van der Waals surface area contributed by atoms with E-state index in [-0.39, 0.29) is 23.3 Å². The number of ether oxygens (including phenoxy) is 3. The second-order valence-corrected chi connectivity index (χ2v) is 11.4. The standard InChI is InChI=1S/C23H31FO7S/c1-13(2)23(31-21-17-8-14-7-15(10-17)11-18(21)9-14)30-20-12-16(3-4-19(20)24)22(25)29-5-6-32(26,27)28/h3-4,12-15,17-18,21,23H,5-11H2,1-2H3,(H,26,27,28). The maximum absolute atomic E-state index is 14.5. The number of benzene rings is 1. The van der Waals surface area contributed by atoms with Crippen molar-refractivity contribution in [3.8, 4) is 5.75 Å². The van der Waals surface area contributed by atoms with Gasteiger partial charge in [0.1, 0.15) is 12.4 Å². The highest BCUT2D eigenvalue weighted by Gasteiger charge is 2.49. The molecule has 4 bridgehead atoms. The van der Waals surface area contributed by atoms with E-state index in [4.69, 9.17) is 18.8 Å². The molecule has 0 radical (unpaired) electrons. The third kappa shape index (κ3) is 5.43. The molecule has 1 aromatic carbocycles. The molecule has 5 rings (SSSR count). The third-order valence-corrected chi connectivity index (χ3v) is 7.64. The summed E-state index contributed by atoms with van der Waals surface area (Å²) in [5, 5.41) is 0. The van der Waals surface area contributed by atoms with Gasteiger partial charge in [-0.2, -0.15) is 8.42 Å². The van der Waals surface area contributed by atoms with Crippen LogP contribution in [0.5, 0.6) is 5.75 Å². The number of esters is 1. The van der Waals surface area contributed by atoms with Gasteiger partial charge in [-0.3, -0.25) is 4.55 Å². The van der Waals surface area contributed by atoms with Gasteiger partial charge in [-0.1, -0.05) is 13.8 Å². The average Bonchev–Trinajstić information content (AvgIpc) is 2.69. The number of halogens is 1. The Labute approximate surface area is 188 Å². The van der Waals surface area contributed by atoms with Gasteiger partial charge in [-0.25, -0.2) is 9.18 Å². The van der Waals surface area contributed by atoms with Crippen LogP contribution < -0.4 is 4.74 Å². The Balaban J connectivity index is 1.43.